The fourth-order valence-corrected chi connectivity index (χ4v) is 4.18. The van der Waals surface area contributed by atoms with Crippen molar-refractivity contribution in [3.05, 3.63) is 71.8 Å². The van der Waals surface area contributed by atoms with E-state index < -0.39 is 0 Å². The molecule has 1 fully saturated rings. The monoisotopic (exact) mass is 430 g/mol. The standard InChI is InChI=1S/C26H26N2O4/c1-17(29)18-7-9-20(10-8-18)27-25(30)19-13-15-28(16-14-19)26(31)23-11-12-24(32-2)22-6-4-3-5-21(22)23/h3-12,19H,13-16H2,1-2H3,(H,27,30). The van der Waals surface area contributed by atoms with Crippen LogP contribution in [0.25, 0.3) is 10.8 Å². The third kappa shape index (κ3) is 4.35. The number of benzene rings is 3. The number of ether oxygens (including phenoxy) is 1. The molecule has 0 unspecified atom stereocenters. The Bertz CT molecular complexity index is 1160. The molecular formula is C26H26N2O4. The van der Waals surface area contributed by atoms with Crippen molar-refractivity contribution < 1.29 is 19.1 Å². The van der Waals surface area contributed by atoms with Gasteiger partial charge in [0.1, 0.15) is 5.75 Å². The van der Waals surface area contributed by atoms with Crippen LogP contribution < -0.4 is 10.1 Å². The lowest BCUT2D eigenvalue weighted by Gasteiger charge is -2.31. The number of carbonyl (C=O) groups excluding carboxylic acids is 3. The smallest absolute Gasteiger partial charge is 0.254 e. The normalized spacial score (nSPS) is 14.2. The molecule has 0 radical (unpaired) electrons. The Morgan fingerprint density at radius 2 is 1.56 bits per heavy atom. The van der Waals surface area contributed by atoms with Gasteiger partial charge in [-0.3, -0.25) is 14.4 Å². The number of carbonyl (C=O) groups is 3. The number of hydrogen-bond acceptors (Lipinski definition) is 4. The van der Waals surface area contributed by atoms with Gasteiger partial charge in [-0.15, -0.1) is 0 Å². The average Bonchev–Trinajstić information content (AvgIpc) is 2.83. The van der Waals surface area contributed by atoms with Crippen molar-refractivity contribution >= 4 is 34.1 Å². The molecule has 1 aliphatic rings. The molecule has 3 aromatic carbocycles. The van der Waals surface area contributed by atoms with Gasteiger partial charge in [-0.2, -0.15) is 0 Å². The number of nitrogens with one attached hydrogen (secondary N) is 1. The summed E-state index contributed by atoms with van der Waals surface area (Å²) < 4.78 is 5.43. The molecule has 1 heterocycles. The quantitative estimate of drug-likeness (QED) is 0.603. The SMILES string of the molecule is COc1ccc(C(=O)N2CCC(C(=O)Nc3ccc(C(C)=O)cc3)CC2)c2ccccc12. The molecule has 1 aliphatic heterocycles. The number of hydrogen-bond donors (Lipinski definition) is 1. The molecule has 0 spiro atoms. The summed E-state index contributed by atoms with van der Waals surface area (Å²) in [6.45, 7) is 2.57. The molecule has 6 heteroatoms. The van der Waals surface area contributed by atoms with Crippen LogP contribution in [0.3, 0.4) is 0 Å². The molecule has 6 nitrogen and oxygen atoms in total. The van der Waals surface area contributed by atoms with Crippen LogP contribution in [0.5, 0.6) is 5.75 Å². The van der Waals surface area contributed by atoms with E-state index in [-0.39, 0.29) is 23.5 Å². The summed E-state index contributed by atoms with van der Waals surface area (Å²) in [6.07, 6.45) is 1.22. The third-order valence-corrected chi connectivity index (χ3v) is 6.05. The second-order valence-corrected chi connectivity index (χ2v) is 8.05. The summed E-state index contributed by atoms with van der Waals surface area (Å²) in [7, 11) is 1.62. The number of likely N-dealkylation sites (tertiary alicyclic amines) is 1. The van der Waals surface area contributed by atoms with Crippen molar-refractivity contribution in [1.82, 2.24) is 4.90 Å². The van der Waals surface area contributed by atoms with Crippen LogP contribution in [0, 0.1) is 5.92 Å². The lowest BCUT2D eigenvalue weighted by molar-refractivity contribution is -0.121. The van der Waals surface area contributed by atoms with Crippen LogP contribution in [0.1, 0.15) is 40.5 Å². The van der Waals surface area contributed by atoms with E-state index in [9.17, 15) is 14.4 Å². The molecule has 0 saturated carbocycles. The molecule has 1 N–H and O–H groups in total. The first-order valence-corrected chi connectivity index (χ1v) is 10.7. The second-order valence-electron chi connectivity index (χ2n) is 8.05. The Balaban J connectivity index is 1.40. The number of Topliss-reactive ketones (excluding diaryl/α,β-unsaturated/α-hetero) is 1. The molecule has 32 heavy (non-hydrogen) atoms. The number of amides is 2. The highest BCUT2D eigenvalue weighted by Gasteiger charge is 2.28. The first-order valence-electron chi connectivity index (χ1n) is 10.7. The predicted octanol–water partition coefficient (Wildman–Crippen LogP) is 4.54. The van der Waals surface area contributed by atoms with Crippen molar-refractivity contribution in [2.75, 3.05) is 25.5 Å². The Labute approximate surface area is 187 Å². The second kappa shape index (κ2) is 9.22. The van der Waals surface area contributed by atoms with E-state index in [0.717, 1.165) is 16.5 Å². The molecule has 2 amide bonds. The van der Waals surface area contributed by atoms with E-state index in [1.165, 1.54) is 6.92 Å². The lowest BCUT2D eigenvalue weighted by atomic mass is 9.94. The van der Waals surface area contributed by atoms with E-state index in [4.69, 9.17) is 4.74 Å². The van der Waals surface area contributed by atoms with Gasteiger partial charge in [0.2, 0.25) is 5.91 Å². The van der Waals surface area contributed by atoms with Crippen LogP contribution in [0.2, 0.25) is 0 Å². The summed E-state index contributed by atoms with van der Waals surface area (Å²) in [5.41, 5.74) is 1.93. The summed E-state index contributed by atoms with van der Waals surface area (Å²) in [6, 6.07) is 18.3. The van der Waals surface area contributed by atoms with Gasteiger partial charge in [-0.05, 0) is 61.5 Å². The third-order valence-electron chi connectivity index (χ3n) is 6.05. The van der Waals surface area contributed by atoms with Crippen molar-refractivity contribution in [3.63, 3.8) is 0 Å². The minimum atomic E-state index is -0.154. The number of fused-ring (bicyclic) bond motifs is 1. The zero-order valence-corrected chi connectivity index (χ0v) is 18.3. The maximum atomic E-state index is 13.2. The zero-order valence-electron chi connectivity index (χ0n) is 18.3. The van der Waals surface area contributed by atoms with Gasteiger partial charge in [-0.1, -0.05) is 24.3 Å². The van der Waals surface area contributed by atoms with E-state index in [1.54, 1.807) is 31.4 Å². The van der Waals surface area contributed by atoms with Gasteiger partial charge in [0.25, 0.3) is 5.91 Å². The minimum Gasteiger partial charge on any atom is -0.496 e. The van der Waals surface area contributed by atoms with Crippen molar-refractivity contribution in [1.29, 1.82) is 0 Å². The van der Waals surface area contributed by atoms with Gasteiger partial charge >= 0.3 is 0 Å². The summed E-state index contributed by atoms with van der Waals surface area (Å²) >= 11 is 0. The first-order chi connectivity index (χ1) is 15.5. The van der Waals surface area contributed by atoms with Gasteiger partial charge in [-0.25, -0.2) is 0 Å². The molecule has 164 valence electrons. The highest BCUT2D eigenvalue weighted by atomic mass is 16.5. The Morgan fingerprint density at radius 3 is 2.19 bits per heavy atom. The van der Waals surface area contributed by atoms with Gasteiger partial charge in [0.15, 0.2) is 5.78 Å². The fourth-order valence-electron chi connectivity index (χ4n) is 4.18. The molecular weight excluding hydrogens is 404 g/mol. The van der Waals surface area contributed by atoms with E-state index in [0.29, 0.717) is 42.7 Å². The largest absolute Gasteiger partial charge is 0.496 e. The first kappa shape index (κ1) is 21.6. The highest BCUT2D eigenvalue weighted by Crippen LogP contribution is 2.30. The number of ketones is 1. The number of rotatable bonds is 5. The molecule has 1 saturated heterocycles. The number of anilines is 1. The maximum Gasteiger partial charge on any atom is 0.254 e. The Kier molecular flexibility index (Phi) is 6.21. The van der Waals surface area contributed by atoms with Crippen LogP contribution >= 0.6 is 0 Å². The number of methoxy groups -OCH3 is 1. The number of piperidine rings is 1. The summed E-state index contributed by atoms with van der Waals surface area (Å²) in [4.78, 5) is 39.1. The van der Waals surface area contributed by atoms with Crippen molar-refractivity contribution in [3.8, 4) is 5.75 Å². The van der Waals surface area contributed by atoms with E-state index >= 15 is 0 Å². The van der Waals surface area contributed by atoms with Gasteiger partial charge in [0.05, 0.1) is 7.11 Å². The zero-order chi connectivity index (χ0) is 22.7. The molecule has 0 bridgehead atoms. The van der Waals surface area contributed by atoms with Crippen LogP contribution in [0.4, 0.5) is 5.69 Å². The van der Waals surface area contributed by atoms with Gasteiger partial charge in [0, 0.05) is 41.2 Å². The molecule has 3 aromatic rings. The lowest BCUT2D eigenvalue weighted by Crippen LogP contribution is -2.41. The van der Waals surface area contributed by atoms with Crippen LogP contribution in [-0.2, 0) is 4.79 Å². The van der Waals surface area contributed by atoms with Crippen molar-refractivity contribution in [2.24, 2.45) is 5.92 Å². The van der Waals surface area contributed by atoms with Crippen LogP contribution in [-0.4, -0.2) is 42.7 Å². The molecule has 0 atom stereocenters. The van der Waals surface area contributed by atoms with E-state index in [1.807, 2.05) is 41.3 Å². The fraction of sp³-hybridized carbons (Fsp3) is 0.269. The molecule has 0 aromatic heterocycles. The predicted molar refractivity (Wildman–Crippen MR) is 124 cm³/mol. The average molecular weight is 431 g/mol. The van der Waals surface area contributed by atoms with Gasteiger partial charge < -0.3 is 15.0 Å². The minimum absolute atomic E-state index is 0.00967. The Hall–Kier alpha value is -3.67. The van der Waals surface area contributed by atoms with E-state index in [2.05, 4.69) is 5.32 Å². The number of nitrogens with zero attached hydrogens (tertiary/aromatic N) is 1. The van der Waals surface area contributed by atoms with Crippen molar-refractivity contribution in [2.45, 2.75) is 19.8 Å². The summed E-state index contributed by atoms with van der Waals surface area (Å²) in [5.74, 6) is 0.498. The maximum absolute atomic E-state index is 13.2. The Morgan fingerprint density at radius 1 is 0.906 bits per heavy atom. The molecule has 0 aliphatic carbocycles. The summed E-state index contributed by atoms with van der Waals surface area (Å²) in [5, 5.41) is 4.70. The van der Waals surface area contributed by atoms with Crippen LogP contribution in [0.15, 0.2) is 60.7 Å². The topological polar surface area (TPSA) is 75.7 Å². The molecule has 4 rings (SSSR count). The highest BCUT2D eigenvalue weighted by molar-refractivity contribution is 6.08.